The van der Waals surface area contributed by atoms with Crippen LogP contribution in [0.3, 0.4) is 0 Å². The lowest BCUT2D eigenvalue weighted by molar-refractivity contribution is 0.471. The summed E-state index contributed by atoms with van der Waals surface area (Å²) < 4.78 is 0.764. The molecule has 1 aromatic carbocycles. The molecule has 0 saturated heterocycles. The van der Waals surface area contributed by atoms with Crippen molar-refractivity contribution in [3.63, 3.8) is 0 Å². The Hall–Kier alpha value is -0.760. The highest BCUT2D eigenvalue weighted by Gasteiger charge is 2.05. The van der Waals surface area contributed by atoms with Crippen molar-refractivity contribution in [1.82, 2.24) is 0 Å². The fourth-order valence-electron chi connectivity index (χ4n) is 1.16. The minimum atomic E-state index is 0.282. The number of aryl methyl sites for hydroxylation is 1. The maximum absolute atomic E-state index is 9.54. The summed E-state index contributed by atoms with van der Waals surface area (Å²) >= 11 is 3.30. The molecule has 13 heavy (non-hydrogen) atoms. The van der Waals surface area contributed by atoms with E-state index in [1.807, 2.05) is 13.0 Å². The molecule has 0 unspecified atom stereocenters. The summed E-state index contributed by atoms with van der Waals surface area (Å²) in [5.74, 6) is 0.282. The maximum atomic E-state index is 9.54. The third-order valence-electron chi connectivity index (χ3n) is 2.07. The van der Waals surface area contributed by atoms with E-state index in [-0.39, 0.29) is 5.75 Å². The Bertz CT molecular complexity index is 319. The van der Waals surface area contributed by atoms with Gasteiger partial charge in [0.05, 0.1) is 4.47 Å². The van der Waals surface area contributed by atoms with E-state index in [4.69, 9.17) is 0 Å². The number of hydrogen-bond donors (Lipinski definition) is 1. The van der Waals surface area contributed by atoms with Crippen molar-refractivity contribution in [2.24, 2.45) is 0 Å². The quantitative estimate of drug-likeness (QED) is 0.832. The average Bonchev–Trinajstić information content (AvgIpc) is 2.12. The molecule has 0 radical (unpaired) electrons. The molecule has 0 saturated carbocycles. The van der Waals surface area contributed by atoms with E-state index in [1.54, 1.807) is 6.07 Å². The van der Waals surface area contributed by atoms with Gasteiger partial charge in [0.1, 0.15) is 5.75 Å². The third-order valence-corrected chi connectivity index (χ3v) is 3.10. The molecular weight excluding hydrogens is 228 g/mol. The molecule has 1 rings (SSSR count). The van der Waals surface area contributed by atoms with Crippen molar-refractivity contribution >= 4 is 21.5 Å². The largest absolute Gasteiger partial charge is 0.507 e. The zero-order chi connectivity index (χ0) is 10.0. The van der Waals surface area contributed by atoms with Gasteiger partial charge in [0.2, 0.25) is 0 Å². The molecule has 0 aliphatic rings. The predicted molar refractivity (Wildman–Crippen MR) is 59.9 cm³/mol. The molecule has 1 aromatic rings. The first kappa shape index (κ1) is 10.3. The van der Waals surface area contributed by atoms with Crippen LogP contribution < -0.4 is 0 Å². The number of aromatic hydroxyl groups is 1. The van der Waals surface area contributed by atoms with Crippen LogP contribution in [0, 0.1) is 6.92 Å². The van der Waals surface area contributed by atoms with Gasteiger partial charge in [-0.25, -0.2) is 0 Å². The van der Waals surface area contributed by atoms with E-state index in [1.165, 1.54) is 0 Å². The fraction of sp³-hybridized carbons (Fsp3) is 0.273. The summed E-state index contributed by atoms with van der Waals surface area (Å²) in [6.07, 6.45) is 0.903. The van der Waals surface area contributed by atoms with Gasteiger partial charge in [-0.1, -0.05) is 19.6 Å². The molecule has 0 fully saturated rings. The minimum Gasteiger partial charge on any atom is -0.507 e. The Kier molecular flexibility index (Phi) is 3.15. The van der Waals surface area contributed by atoms with Gasteiger partial charge in [0.25, 0.3) is 0 Å². The highest BCUT2D eigenvalue weighted by Crippen LogP contribution is 2.31. The second-order valence-electron chi connectivity index (χ2n) is 3.08. The lowest BCUT2D eigenvalue weighted by atomic mass is 10.0. The zero-order valence-corrected chi connectivity index (χ0v) is 9.48. The van der Waals surface area contributed by atoms with Gasteiger partial charge in [-0.3, -0.25) is 0 Å². The number of hydrogen-bond acceptors (Lipinski definition) is 1. The van der Waals surface area contributed by atoms with Gasteiger partial charge < -0.3 is 5.11 Å². The smallest absolute Gasteiger partial charge is 0.130 e. The number of phenolic OH excluding ortho intramolecular Hbond substituents is 1. The summed E-state index contributed by atoms with van der Waals surface area (Å²) in [5, 5.41) is 9.54. The summed E-state index contributed by atoms with van der Waals surface area (Å²) in [4.78, 5) is 0. The topological polar surface area (TPSA) is 20.2 Å². The van der Waals surface area contributed by atoms with Crippen LogP contribution in [0.4, 0.5) is 0 Å². The van der Waals surface area contributed by atoms with Crippen LogP contribution in [0.5, 0.6) is 5.75 Å². The van der Waals surface area contributed by atoms with Gasteiger partial charge in [-0.2, -0.15) is 0 Å². The van der Waals surface area contributed by atoms with Crippen molar-refractivity contribution in [3.8, 4) is 5.75 Å². The Labute approximate surface area is 87.2 Å². The van der Waals surface area contributed by atoms with Crippen molar-refractivity contribution in [3.05, 3.63) is 34.3 Å². The number of phenols is 1. The first-order chi connectivity index (χ1) is 6.06. The molecule has 1 nitrogen and oxygen atoms in total. The maximum Gasteiger partial charge on any atom is 0.130 e. The average molecular weight is 241 g/mol. The van der Waals surface area contributed by atoms with Crippen LogP contribution in [0.2, 0.25) is 0 Å². The number of benzene rings is 1. The van der Waals surface area contributed by atoms with Crippen molar-refractivity contribution in [2.75, 3.05) is 0 Å². The molecule has 2 heteroatoms. The summed E-state index contributed by atoms with van der Waals surface area (Å²) in [6.45, 7) is 7.94. The first-order valence-electron chi connectivity index (χ1n) is 4.23. The monoisotopic (exact) mass is 240 g/mol. The van der Waals surface area contributed by atoms with Gasteiger partial charge in [-0.15, -0.1) is 0 Å². The van der Waals surface area contributed by atoms with E-state index in [2.05, 4.69) is 29.4 Å². The minimum absolute atomic E-state index is 0.282. The molecule has 0 aliphatic heterocycles. The Morgan fingerprint density at radius 3 is 2.62 bits per heavy atom. The summed E-state index contributed by atoms with van der Waals surface area (Å²) in [6, 6.07) is 3.76. The molecule has 0 bridgehead atoms. The lowest BCUT2D eigenvalue weighted by Gasteiger charge is -2.07. The van der Waals surface area contributed by atoms with Gasteiger partial charge in [0.15, 0.2) is 0 Å². The van der Waals surface area contributed by atoms with Crippen LogP contribution in [-0.2, 0) is 0 Å². The molecule has 0 heterocycles. The molecule has 0 amide bonds. The highest BCUT2D eigenvalue weighted by molar-refractivity contribution is 9.10. The fourth-order valence-corrected chi connectivity index (χ4v) is 1.39. The lowest BCUT2D eigenvalue weighted by Crippen LogP contribution is -1.85. The Morgan fingerprint density at radius 2 is 2.15 bits per heavy atom. The number of halogens is 1. The van der Waals surface area contributed by atoms with Gasteiger partial charge in [-0.05, 0) is 52.0 Å². The van der Waals surface area contributed by atoms with Crippen LogP contribution in [0.25, 0.3) is 5.57 Å². The van der Waals surface area contributed by atoms with Crippen molar-refractivity contribution in [2.45, 2.75) is 20.3 Å². The van der Waals surface area contributed by atoms with E-state index < -0.39 is 0 Å². The van der Waals surface area contributed by atoms with Crippen LogP contribution >= 0.6 is 15.9 Å². The SMILES string of the molecule is C=C(CC)c1cc(C)c(Br)c(O)c1. The number of allylic oxidation sites excluding steroid dienone is 1. The second-order valence-corrected chi connectivity index (χ2v) is 3.88. The molecule has 0 atom stereocenters. The predicted octanol–water partition coefficient (Wildman–Crippen LogP) is 3.89. The molecule has 0 aromatic heterocycles. The zero-order valence-electron chi connectivity index (χ0n) is 7.89. The summed E-state index contributed by atoms with van der Waals surface area (Å²) in [5.41, 5.74) is 3.09. The number of rotatable bonds is 2. The summed E-state index contributed by atoms with van der Waals surface area (Å²) in [7, 11) is 0. The van der Waals surface area contributed by atoms with Crippen LogP contribution in [0.15, 0.2) is 23.2 Å². The van der Waals surface area contributed by atoms with E-state index in [0.717, 1.165) is 27.6 Å². The van der Waals surface area contributed by atoms with Gasteiger partial charge >= 0.3 is 0 Å². The molecular formula is C11H13BrO. The first-order valence-corrected chi connectivity index (χ1v) is 5.02. The highest BCUT2D eigenvalue weighted by atomic mass is 79.9. The van der Waals surface area contributed by atoms with E-state index in [9.17, 15) is 5.11 Å². The van der Waals surface area contributed by atoms with E-state index in [0.29, 0.717) is 0 Å². The standard InChI is InChI=1S/C11H13BrO/c1-4-7(2)9-5-8(3)11(12)10(13)6-9/h5-6,13H,2,4H2,1,3H3. The van der Waals surface area contributed by atoms with Gasteiger partial charge in [0, 0.05) is 0 Å². The van der Waals surface area contributed by atoms with Crippen molar-refractivity contribution in [1.29, 1.82) is 0 Å². The third kappa shape index (κ3) is 2.13. The Balaban J connectivity index is 3.20. The molecule has 70 valence electrons. The molecule has 1 N–H and O–H groups in total. The van der Waals surface area contributed by atoms with Crippen molar-refractivity contribution < 1.29 is 5.11 Å². The Morgan fingerprint density at radius 1 is 1.54 bits per heavy atom. The molecule has 0 spiro atoms. The van der Waals surface area contributed by atoms with Crippen LogP contribution in [0.1, 0.15) is 24.5 Å². The second kappa shape index (κ2) is 3.97. The van der Waals surface area contributed by atoms with E-state index >= 15 is 0 Å². The molecule has 0 aliphatic carbocycles. The van der Waals surface area contributed by atoms with Crippen LogP contribution in [-0.4, -0.2) is 5.11 Å². The normalized spacial score (nSPS) is 10.1.